The van der Waals surface area contributed by atoms with Gasteiger partial charge in [-0.2, -0.15) is 17.7 Å². The molecule has 0 radical (unpaired) electrons. The summed E-state index contributed by atoms with van der Waals surface area (Å²) in [4.78, 5) is 28.6. The summed E-state index contributed by atoms with van der Waals surface area (Å²) in [6.07, 6.45) is -4.48. The van der Waals surface area contributed by atoms with Gasteiger partial charge in [-0.1, -0.05) is 52.8 Å². The van der Waals surface area contributed by atoms with Gasteiger partial charge in [0.15, 0.2) is 17.8 Å². The Morgan fingerprint density at radius 3 is 2.33 bits per heavy atom. The van der Waals surface area contributed by atoms with Gasteiger partial charge in [0.25, 0.3) is 5.91 Å². The number of ether oxygens (including phenoxy) is 2. The van der Waals surface area contributed by atoms with Crippen LogP contribution < -0.4 is 4.74 Å². The molecule has 1 spiro atoms. The number of nitrogens with zero attached hydrogens (tertiary/aromatic N) is 2. The van der Waals surface area contributed by atoms with Gasteiger partial charge in [0.05, 0.1) is 24.3 Å². The number of rotatable bonds is 10. The molecule has 8 nitrogen and oxygen atoms in total. The summed E-state index contributed by atoms with van der Waals surface area (Å²) in [5, 5.41) is 10.4. The SMILES string of the molecule is Cc1cc(C(O)OC(C)(C)C)ccc1CC[S+](O)N1CCC2(CC1)C(=O)CCN2C(=O)c1cc(OCc2ccccc2)cc(C(F)(F)F)c1. The first kappa shape index (κ1) is 36.9. The van der Waals surface area contributed by atoms with E-state index in [9.17, 15) is 32.4 Å². The molecule has 0 aromatic heterocycles. The maximum absolute atomic E-state index is 13.9. The highest BCUT2D eigenvalue weighted by Crippen LogP contribution is 2.39. The van der Waals surface area contributed by atoms with Gasteiger partial charge in [-0.15, -0.1) is 0 Å². The van der Waals surface area contributed by atoms with Crippen LogP contribution in [0.25, 0.3) is 0 Å². The molecule has 12 heteroatoms. The number of aliphatic hydroxyl groups is 1. The second-order valence-corrected chi connectivity index (χ2v) is 15.3. The molecule has 0 bridgehead atoms. The van der Waals surface area contributed by atoms with Crippen LogP contribution in [0.15, 0.2) is 66.7 Å². The van der Waals surface area contributed by atoms with Crippen LogP contribution in [-0.4, -0.2) is 67.1 Å². The number of aryl methyl sites for hydroxylation is 2. The number of amides is 1. The molecular formula is C37H44F3N2O6S+. The molecule has 2 saturated heterocycles. The fraction of sp³-hybridized carbons (Fsp3) is 0.459. The Kier molecular flexibility index (Phi) is 11.1. The summed E-state index contributed by atoms with van der Waals surface area (Å²) in [6.45, 7) is 8.42. The second kappa shape index (κ2) is 14.8. The van der Waals surface area contributed by atoms with E-state index in [1.165, 1.54) is 11.0 Å². The molecule has 2 fully saturated rings. The minimum atomic E-state index is -4.70. The zero-order valence-corrected chi connectivity index (χ0v) is 29.1. The summed E-state index contributed by atoms with van der Waals surface area (Å²) in [6, 6.07) is 17.6. The first-order valence-electron chi connectivity index (χ1n) is 16.4. The number of alkyl halides is 3. The Bertz CT molecular complexity index is 1640. The number of carbonyl (C=O) groups is 2. The molecule has 49 heavy (non-hydrogen) atoms. The van der Waals surface area contributed by atoms with E-state index in [-0.39, 0.29) is 49.5 Å². The minimum absolute atomic E-state index is 0.0290. The number of benzene rings is 3. The minimum Gasteiger partial charge on any atom is -0.489 e. The van der Waals surface area contributed by atoms with E-state index in [4.69, 9.17) is 9.47 Å². The summed E-state index contributed by atoms with van der Waals surface area (Å²) < 4.78 is 66.1. The van der Waals surface area contributed by atoms with Crippen molar-refractivity contribution in [1.82, 2.24) is 9.21 Å². The number of hydrogen-bond acceptors (Lipinski definition) is 7. The fourth-order valence-corrected chi connectivity index (χ4v) is 7.74. The highest BCUT2D eigenvalue weighted by molar-refractivity contribution is 7.89. The van der Waals surface area contributed by atoms with Crippen molar-refractivity contribution in [3.05, 3.63) is 100 Å². The predicted octanol–water partition coefficient (Wildman–Crippen LogP) is 6.90. The van der Waals surface area contributed by atoms with Crippen LogP contribution in [0.3, 0.4) is 0 Å². The topological polar surface area (TPSA) is 99.5 Å². The number of hydrogen-bond donors (Lipinski definition) is 2. The van der Waals surface area contributed by atoms with E-state index >= 15 is 0 Å². The molecule has 3 aromatic carbocycles. The summed E-state index contributed by atoms with van der Waals surface area (Å²) >= 11 is -1.11. The predicted molar refractivity (Wildman–Crippen MR) is 182 cm³/mol. The van der Waals surface area contributed by atoms with Crippen molar-refractivity contribution in [1.29, 1.82) is 0 Å². The molecule has 2 N–H and O–H groups in total. The molecule has 2 aliphatic rings. The van der Waals surface area contributed by atoms with Gasteiger partial charge in [0.1, 0.15) is 17.9 Å². The molecule has 3 aromatic rings. The lowest BCUT2D eigenvalue weighted by atomic mass is 9.84. The number of carbonyl (C=O) groups excluding carboxylic acids is 2. The molecular weight excluding hydrogens is 657 g/mol. The van der Waals surface area contributed by atoms with Crippen LogP contribution >= 0.6 is 0 Å². The van der Waals surface area contributed by atoms with Crippen LogP contribution in [-0.2, 0) is 40.1 Å². The quantitative estimate of drug-likeness (QED) is 0.175. The van der Waals surface area contributed by atoms with Gasteiger partial charge in [0.2, 0.25) is 11.4 Å². The molecule has 0 aliphatic carbocycles. The third-order valence-corrected chi connectivity index (χ3v) is 10.6. The lowest BCUT2D eigenvalue weighted by molar-refractivity contribution is -0.169. The van der Waals surface area contributed by atoms with Crippen molar-refractivity contribution < 1.29 is 41.9 Å². The Hall–Kier alpha value is -3.42. The van der Waals surface area contributed by atoms with Crippen molar-refractivity contribution in [3.8, 4) is 5.75 Å². The van der Waals surface area contributed by atoms with Gasteiger partial charge in [-0.3, -0.25) is 9.59 Å². The van der Waals surface area contributed by atoms with Crippen molar-refractivity contribution >= 4 is 23.1 Å². The van der Waals surface area contributed by atoms with E-state index in [2.05, 4.69) is 0 Å². The fourth-order valence-electron chi connectivity index (χ4n) is 6.47. The van der Waals surface area contributed by atoms with Crippen LogP contribution in [0, 0.1) is 6.92 Å². The molecule has 1 amide bonds. The van der Waals surface area contributed by atoms with Crippen LogP contribution in [0.2, 0.25) is 0 Å². The molecule has 2 heterocycles. The number of piperidine rings is 1. The molecule has 5 rings (SSSR count). The van der Waals surface area contributed by atoms with Gasteiger partial charge in [-0.25, -0.2) is 0 Å². The van der Waals surface area contributed by atoms with Crippen molar-refractivity contribution in [3.63, 3.8) is 0 Å². The molecule has 264 valence electrons. The number of ketones is 1. The zero-order chi connectivity index (χ0) is 35.6. The maximum Gasteiger partial charge on any atom is 0.416 e. The van der Waals surface area contributed by atoms with Gasteiger partial charge in [0, 0.05) is 30.5 Å². The van der Waals surface area contributed by atoms with E-state index in [0.717, 1.165) is 28.8 Å². The van der Waals surface area contributed by atoms with Crippen LogP contribution in [0.5, 0.6) is 5.75 Å². The number of Topliss-reactive ketones (excluding diaryl/α,β-unsaturated/α-hetero) is 1. The average molecular weight is 702 g/mol. The molecule has 0 saturated carbocycles. The third kappa shape index (κ3) is 8.85. The Labute approximate surface area is 288 Å². The molecule has 2 aliphatic heterocycles. The summed E-state index contributed by atoms with van der Waals surface area (Å²) in [7, 11) is 0. The monoisotopic (exact) mass is 701 g/mol. The lowest BCUT2D eigenvalue weighted by Gasteiger charge is -2.41. The summed E-state index contributed by atoms with van der Waals surface area (Å²) in [5.41, 5.74) is 0.592. The van der Waals surface area contributed by atoms with Crippen LogP contribution in [0.4, 0.5) is 13.2 Å². The average Bonchev–Trinajstić information content (AvgIpc) is 3.36. The van der Waals surface area contributed by atoms with Gasteiger partial charge < -0.3 is 19.5 Å². The van der Waals surface area contributed by atoms with Crippen molar-refractivity contribution in [2.24, 2.45) is 0 Å². The van der Waals surface area contributed by atoms with Gasteiger partial charge >= 0.3 is 6.18 Å². The Balaban J connectivity index is 1.24. The number of likely N-dealkylation sites (tertiary alicyclic amines) is 1. The largest absolute Gasteiger partial charge is 0.489 e. The van der Waals surface area contributed by atoms with Crippen molar-refractivity contribution in [2.75, 3.05) is 25.4 Å². The maximum atomic E-state index is 13.9. The smallest absolute Gasteiger partial charge is 0.416 e. The van der Waals surface area contributed by atoms with E-state index in [0.29, 0.717) is 30.8 Å². The number of aliphatic hydroxyl groups excluding tert-OH is 1. The van der Waals surface area contributed by atoms with Gasteiger partial charge in [-0.05, 0) is 75.4 Å². The Morgan fingerprint density at radius 1 is 1.00 bits per heavy atom. The number of halogens is 3. The Morgan fingerprint density at radius 2 is 1.69 bits per heavy atom. The molecule has 2 atom stereocenters. The lowest BCUT2D eigenvalue weighted by Crippen LogP contribution is -2.58. The first-order valence-corrected chi connectivity index (χ1v) is 17.7. The third-order valence-electron chi connectivity index (χ3n) is 9.09. The van der Waals surface area contributed by atoms with E-state index in [1.54, 1.807) is 24.3 Å². The van der Waals surface area contributed by atoms with Crippen molar-refractivity contribution in [2.45, 2.75) is 83.6 Å². The first-order chi connectivity index (χ1) is 23.1. The normalized spacial score (nSPS) is 18.1. The standard InChI is InChI=1S/C37H44F3N2O6S/c1-25-20-28(34(45)48-35(2,3)4)11-10-27(25)13-19-49(46)41-17-14-36(15-18-41)32(43)12-16-42(36)33(44)29-21-30(37(38,39)40)23-31(22-29)47-24-26-8-6-5-7-9-26/h5-11,20-23,34,45-46H,12-19,24H2,1-4H3/q+1. The highest BCUT2D eigenvalue weighted by Gasteiger charge is 2.54. The summed E-state index contributed by atoms with van der Waals surface area (Å²) in [5.74, 6) is -0.380. The van der Waals surface area contributed by atoms with E-state index in [1.807, 2.05) is 56.3 Å². The second-order valence-electron chi connectivity index (χ2n) is 13.7. The zero-order valence-electron chi connectivity index (χ0n) is 28.3. The van der Waals surface area contributed by atoms with E-state index < -0.39 is 46.4 Å². The van der Waals surface area contributed by atoms with Crippen LogP contribution in [0.1, 0.15) is 84.5 Å². The molecule has 2 unspecified atom stereocenters. The highest BCUT2D eigenvalue weighted by atomic mass is 32.2.